The minimum Gasteiger partial charge on any atom is -0.394 e. The summed E-state index contributed by atoms with van der Waals surface area (Å²) in [6, 6.07) is 0. The highest BCUT2D eigenvalue weighted by molar-refractivity contribution is 4.89. The first-order valence-electron chi connectivity index (χ1n) is 5.46. The van der Waals surface area contributed by atoms with E-state index in [-0.39, 0.29) is 6.10 Å². The molecule has 1 heterocycles. The van der Waals surface area contributed by atoms with Gasteiger partial charge in [-0.1, -0.05) is 0 Å². The zero-order chi connectivity index (χ0) is 13.0. The predicted molar refractivity (Wildman–Crippen MR) is 56.2 cm³/mol. The van der Waals surface area contributed by atoms with Gasteiger partial charge in [0.1, 0.15) is 24.4 Å². The van der Waals surface area contributed by atoms with Crippen molar-refractivity contribution in [3.8, 4) is 0 Å². The van der Waals surface area contributed by atoms with Gasteiger partial charge < -0.3 is 34.6 Å². The minimum atomic E-state index is -1.42. The summed E-state index contributed by atoms with van der Waals surface area (Å²) < 4.78 is 15.3. The highest BCUT2D eigenvalue weighted by Gasteiger charge is 2.44. The van der Waals surface area contributed by atoms with Crippen LogP contribution in [0.1, 0.15) is 6.92 Å². The molecule has 102 valence electrons. The Morgan fingerprint density at radius 1 is 1.18 bits per heavy atom. The number of methoxy groups -OCH3 is 1. The summed E-state index contributed by atoms with van der Waals surface area (Å²) in [4.78, 5) is 0. The molecule has 1 rings (SSSR count). The summed E-state index contributed by atoms with van der Waals surface area (Å²) in [5.74, 6) is 0. The second-order valence-corrected chi connectivity index (χ2v) is 4.10. The van der Waals surface area contributed by atoms with Crippen LogP contribution in [-0.2, 0) is 14.2 Å². The van der Waals surface area contributed by atoms with E-state index in [0.717, 1.165) is 0 Å². The fourth-order valence-electron chi connectivity index (χ4n) is 1.68. The van der Waals surface area contributed by atoms with Crippen molar-refractivity contribution in [3.05, 3.63) is 0 Å². The fourth-order valence-corrected chi connectivity index (χ4v) is 1.68. The third-order valence-corrected chi connectivity index (χ3v) is 2.62. The van der Waals surface area contributed by atoms with Crippen LogP contribution in [0.15, 0.2) is 0 Å². The summed E-state index contributed by atoms with van der Waals surface area (Å²) >= 11 is 0. The lowest BCUT2D eigenvalue weighted by atomic mass is 9.99. The Morgan fingerprint density at radius 2 is 1.82 bits per heavy atom. The van der Waals surface area contributed by atoms with E-state index >= 15 is 0 Å². The maximum absolute atomic E-state index is 9.66. The molecule has 0 spiro atoms. The van der Waals surface area contributed by atoms with E-state index in [0.29, 0.717) is 6.61 Å². The molecular formula is C10H20O7. The van der Waals surface area contributed by atoms with Crippen LogP contribution in [0.4, 0.5) is 0 Å². The molecule has 6 atom stereocenters. The van der Waals surface area contributed by atoms with Crippen molar-refractivity contribution in [2.24, 2.45) is 0 Å². The second kappa shape index (κ2) is 6.60. The Morgan fingerprint density at radius 3 is 2.35 bits per heavy atom. The van der Waals surface area contributed by atoms with Gasteiger partial charge in [-0.05, 0) is 6.92 Å². The van der Waals surface area contributed by atoms with E-state index in [9.17, 15) is 15.3 Å². The fraction of sp³-hybridized carbons (Fsp3) is 1.00. The lowest BCUT2D eigenvalue weighted by molar-refractivity contribution is -0.311. The van der Waals surface area contributed by atoms with Gasteiger partial charge in [-0.15, -0.1) is 0 Å². The number of hydrogen-bond acceptors (Lipinski definition) is 7. The maximum Gasteiger partial charge on any atom is 0.187 e. The normalized spacial score (nSPS) is 40.2. The molecule has 0 aromatic rings. The Balaban J connectivity index is 2.59. The lowest BCUT2D eigenvalue weighted by Crippen LogP contribution is -2.59. The highest BCUT2D eigenvalue weighted by Crippen LogP contribution is 2.22. The van der Waals surface area contributed by atoms with Crippen LogP contribution < -0.4 is 0 Å². The Labute approximate surface area is 99.5 Å². The molecule has 1 saturated heterocycles. The van der Waals surface area contributed by atoms with E-state index in [1.54, 1.807) is 6.92 Å². The maximum atomic E-state index is 9.66. The molecule has 7 heteroatoms. The van der Waals surface area contributed by atoms with Crippen molar-refractivity contribution in [2.45, 2.75) is 43.7 Å². The molecule has 4 N–H and O–H groups in total. The van der Waals surface area contributed by atoms with Gasteiger partial charge in [0.2, 0.25) is 0 Å². The molecule has 1 aliphatic heterocycles. The van der Waals surface area contributed by atoms with Crippen LogP contribution in [-0.4, -0.2) is 77.6 Å². The summed E-state index contributed by atoms with van der Waals surface area (Å²) in [6.45, 7) is 1.55. The molecule has 17 heavy (non-hydrogen) atoms. The molecule has 1 fully saturated rings. The smallest absolute Gasteiger partial charge is 0.187 e. The number of ether oxygens (including phenoxy) is 3. The summed E-state index contributed by atoms with van der Waals surface area (Å²) in [5.41, 5.74) is 0. The van der Waals surface area contributed by atoms with Crippen LogP contribution in [0.3, 0.4) is 0 Å². The zero-order valence-corrected chi connectivity index (χ0v) is 9.89. The molecular weight excluding hydrogens is 232 g/mol. The number of rotatable bonds is 5. The molecule has 0 aromatic heterocycles. The summed E-state index contributed by atoms with van der Waals surface area (Å²) in [7, 11) is 1.51. The molecule has 0 radical (unpaired) electrons. The molecule has 0 aliphatic carbocycles. The predicted octanol–water partition coefficient (Wildman–Crippen LogP) is -2.16. The Bertz CT molecular complexity index is 223. The third kappa shape index (κ3) is 3.59. The first-order valence-corrected chi connectivity index (χ1v) is 5.46. The van der Waals surface area contributed by atoms with Crippen LogP contribution in [0.25, 0.3) is 0 Å². The van der Waals surface area contributed by atoms with Crippen molar-refractivity contribution < 1.29 is 34.6 Å². The Hall–Kier alpha value is -0.280. The van der Waals surface area contributed by atoms with E-state index in [2.05, 4.69) is 0 Å². The second-order valence-electron chi connectivity index (χ2n) is 4.10. The topological polar surface area (TPSA) is 109 Å². The number of aliphatic hydroxyl groups is 4. The van der Waals surface area contributed by atoms with Crippen LogP contribution >= 0.6 is 0 Å². The van der Waals surface area contributed by atoms with Gasteiger partial charge in [-0.3, -0.25) is 0 Å². The SMILES string of the molecule is COC[C@@H](C)O[C@@H]1O[C@H](CO)[C@H](O)[C@H](O)[C@H]1O. The van der Waals surface area contributed by atoms with E-state index in [1.165, 1.54) is 7.11 Å². The molecule has 7 nitrogen and oxygen atoms in total. The van der Waals surface area contributed by atoms with Gasteiger partial charge in [0.25, 0.3) is 0 Å². The highest BCUT2D eigenvalue weighted by atomic mass is 16.7. The van der Waals surface area contributed by atoms with Crippen molar-refractivity contribution >= 4 is 0 Å². The average Bonchev–Trinajstić information content (AvgIpc) is 2.30. The third-order valence-electron chi connectivity index (χ3n) is 2.62. The number of hydrogen-bond donors (Lipinski definition) is 4. The van der Waals surface area contributed by atoms with E-state index in [1.807, 2.05) is 0 Å². The van der Waals surface area contributed by atoms with Crippen LogP contribution in [0, 0.1) is 0 Å². The van der Waals surface area contributed by atoms with Crippen molar-refractivity contribution in [1.82, 2.24) is 0 Å². The van der Waals surface area contributed by atoms with Gasteiger partial charge >= 0.3 is 0 Å². The quantitative estimate of drug-likeness (QED) is 0.441. The van der Waals surface area contributed by atoms with Gasteiger partial charge in [0, 0.05) is 7.11 Å². The molecule has 0 amide bonds. The standard InChI is InChI=1S/C10H20O7/c1-5(4-15-2)16-10-9(14)8(13)7(12)6(3-11)17-10/h5-14H,3-4H2,1-2H3/t5-,6-,7+,8+,9-,10-/m1/s1. The number of aliphatic hydroxyl groups excluding tert-OH is 4. The average molecular weight is 252 g/mol. The van der Waals surface area contributed by atoms with Crippen molar-refractivity contribution in [2.75, 3.05) is 20.3 Å². The first-order chi connectivity index (χ1) is 8.01. The van der Waals surface area contributed by atoms with Gasteiger partial charge in [0.05, 0.1) is 19.3 Å². The van der Waals surface area contributed by atoms with Crippen LogP contribution in [0.2, 0.25) is 0 Å². The summed E-state index contributed by atoms with van der Waals surface area (Å²) in [6.07, 6.45) is -6.55. The lowest BCUT2D eigenvalue weighted by Gasteiger charge is -2.40. The van der Waals surface area contributed by atoms with Crippen molar-refractivity contribution in [3.63, 3.8) is 0 Å². The molecule has 0 unspecified atom stereocenters. The molecule has 0 aromatic carbocycles. The van der Waals surface area contributed by atoms with Gasteiger partial charge in [0.15, 0.2) is 6.29 Å². The zero-order valence-electron chi connectivity index (χ0n) is 9.89. The van der Waals surface area contributed by atoms with E-state index < -0.39 is 37.3 Å². The minimum absolute atomic E-state index is 0.301. The largest absolute Gasteiger partial charge is 0.394 e. The van der Waals surface area contributed by atoms with Crippen LogP contribution in [0.5, 0.6) is 0 Å². The molecule has 0 saturated carbocycles. The summed E-state index contributed by atoms with van der Waals surface area (Å²) in [5, 5.41) is 37.7. The van der Waals surface area contributed by atoms with Crippen molar-refractivity contribution in [1.29, 1.82) is 0 Å². The molecule has 1 aliphatic rings. The molecule has 0 bridgehead atoms. The van der Waals surface area contributed by atoms with Gasteiger partial charge in [-0.2, -0.15) is 0 Å². The Kier molecular flexibility index (Phi) is 5.74. The van der Waals surface area contributed by atoms with E-state index in [4.69, 9.17) is 19.3 Å². The monoisotopic (exact) mass is 252 g/mol. The first kappa shape index (κ1) is 14.8. The van der Waals surface area contributed by atoms with Gasteiger partial charge in [-0.25, -0.2) is 0 Å².